The number of rotatable bonds is 7. The fraction of sp³-hybridized carbons (Fsp3) is 0.538. The van der Waals surface area contributed by atoms with E-state index in [0.717, 1.165) is 19.6 Å². The van der Waals surface area contributed by atoms with Gasteiger partial charge in [-0.1, -0.05) is 30.3 Å². The molecule has 0 aliphatic carbocycles. The Kier molecular flexibility index (Phi) is 6.05. The molecule has 1 aromatic carbocycles. The van der Waals surface area contributed by atoms with E-state index in [1.165, 1.54) is 12.0 Å². The van der Waals surface area contributed by atoms with Gasteiger partial charge >= 0.3 is 0 Å². The molecule has 1 rings (SSSR count). The highest BCUT2D eigenvalue weighted by atomic mass is 16.5. The third-order valence-electron chi connectivity index (χ3n) is 2.46. The molecule has 1 unspecified atom stereocenters. The Bertz CT molecular complexity index is 248. The van der Waals surface area contributed by atoms with Gasteiger partial charge in [-0.15, -0.1) is 0 Å². The first kappa shape index (κ1) is 12.2. The molecule has 0 aliphatic heterocycles. The summed E-state index contributed by atoms with van der Waals surface area (Å²) < 4.78 is 5.75. The number of hydrogen-bond acceptors (Lipinski definition) is 2. The smallest absolute Gasteiger partial charge is 0.0796 e. The van der Waals surface area contributed by atoms with Crippen molar-refractivity contribution in [3.05, 3.63) is 35.9 Å². The van der Waals surface area contributed by atoms with Gasteiger partial charge < -0.3 is 10.1 Å². The summed E-state index contributed by atoms with van der Waals surface area (Å²) in [6.45, 7) is 4.02. The molecule has 84 valence electrons. The van der Waals surface area contributed by atoms with Crippen LogP contribution in [0.5, 0.6) is 0 Å². The normalized spacial score (nSPS) is 12.7. The average molecular weight is 207 g/mol. The first-order valence-corrected chi connectivity index (χ1v) is 5.65. The lowest BCUT2D eigenvalue weighted by molar-refractivity contribution is 0.0631. The van der Waals surface area contributed by atoms with E-state index in [9.17, 15) is 0 Å². The summed E-state index contributed by atoms with van der Waals surface area (Å²) in [7, 11) is 1.98. The molecule has 0 fully saturated rings. The van der Waals surface area contributed by atoms with Crippen LogP contribution in [0.3, 0.4) is 0 Å². The van der Waals surface area contributed by atoms with Gasteiger partial charge in [-0.05, 0) is 38.9 Å². The predicted molar refractivity (Wildman–Crippen MR) is 64.0 cm³/mol. The Morgan fingerprint density at radius 1 is 1.20 bits per heavy atom. The van der Waals surface area contributed by atoms with Crippen LogP contribution >= 0.6 is 0 Å². The Morgan fingerprint density at radius 3 is 2.60 bits per heavy atom. The monoisotopic (exact) mass is 207 g/mol. The molecule has 0 radical (unpaired) electrons. The molecule has 0 spiro atoms. The van der Waals surface area contributed by atoms with E-state index in [4.69, 9.17) is 4.74 Å². The van der Waals surface area contributed by atoms with Gasteiger partial charge in [-0.25, -0.2) is 0 Å². The SMILES string of the molecule is CNCCCCOC(C)c1ccccc1. The molecule has 0 aromatic heterocycles. The van der Waals surface area contributed by atoms with E-state index in [1.807, 2.05) is 13.1 Å². The highest BCUT2D eigenvalue weighted by molar-refractivity contribution is 5.16. The summed E-state index contributed by atoms with van der Waals surface area (Å²) in [5, 5.41) is 3.13. The maximum Gasteiger partial charge on any atom is 0.0796 e. The molecular formula is C13H21NO. The van der Waals surface area contributed by atoms with Crippen molar-refractivity contribution in [2.75, 3.05) is 20.2 Å². The van der Waals surface area contributed by atoms with Crippen LogP contribution in [0.2, 0.25) is 0 Å². The van der Waals surface area contributed by atoms with Gasteiger partial charge in [-0.2, -0.15) is 0 Å². The largest absolute Gasteiger partial charge is 0.374 e. The van der Waals surface area contributed by atoms with Crippen LogP contribution < -0.4 is 5.32 Å². The van der Waals surface area contributed by atoms with Gasteiger partial charge in [0.05, 0.1) is 6.10 Å². The van der Waals surface area contributed by atoms with Crippen molar-refractivity contribution in [1.29, 1.82) is 0 Å². The maximum atomic E-state index is 5.75. The van der Waals surface area contributed by atoms with Crippen LogP contribution in [-0.4, -0.2) is 20.2 Å². The minimum atomic E-state index is 0.209. The fourth-order valence-electron chi connectivity index (χ4n) is 1.48. The van der Waals surface area contributed by atoms with E-state index in [-0.39, 0.29) is 6.10 Å². The molecule has 0 saturated carbocycles. The Balaban J connectivity index is 2.16. The molecule has 0 aliphatic rings. The Labute approximate surface area is 92.6 Å². The lowest BCUT2D eigenvalue weighted by Crippen LogP contribution is -2.09. The van der Waals surface area contributed by atoms with Gasteiger partial charge in [0.25, 0.3) is 0 Å². The zero-order valence-corrected chi connectivity index (χ0v) is 9.70. The molecule has 1 atom stereocenters. The van der Waals surface area contributed by atoms with Crippen molar-refractivity contribution < 1.29 is 4.74 Å². The minimum absolute atomic E-state index is 0.209. The second-order valence-corrected chi connectivity index (χ2v) is 3.73. The van der Waals surface area contributed by atoms with Gasteiger partial charge in [-0.3, -0.25) is 0 Å². The molecule has 1 aromatic rings. The second kappa shape index (κ2) is 7.43. The standard InChI is InChI=1S/C13H21NO/c1-12(13-8-4-3-5-9-13)15-11-7-6-10-14-2/h3-5,8-9,12,14H,6-7,10-11H2,1-2H3. The zero-order chi connectivity index (χ0) is 10.9. The molecule has 1 N–H and O–H groups in total. The van der Waals surface area contributed by atoms with E-state index in [1.54, 1.807) is 0 Å². The topological polar surface area (TPSA) is 21.3 Å². The first-order chi connectivity index (χ1) is 7.34. The van der Waals surface area contributed by atoms with Crippen molar-refractivity contribution in [3.8, 4) is 0 Å². The second-order valence-electron chi connectivity index (χ2n) is 3.73. The number of benzene rings is 1. The summed E-state index contributed by atoms with van der Waals surface area (Å²) in [6, 6.07) is 10.4. The molecule has 0 amide bonds. The van der Waals surface area contributed by atoms with Gasteiger partial charge in [0, 0.05) is 6.61 Å². The molecule has 2 heteroatoms. The highest BCUT2D eigenvalue weighted by Gasteiger charge is 2.03. The molecule has 0 heterocycles. The van der Waals surface area contributed by atoms with Gasteiger partial charge in [0.1, 0.15) is 0 Å². The van der Waals surface area contributed by atoms with E-state index >= 15 is 0 Å². The molecule has 2 nitrogen and oxygen atoms in total. The van der Waals surface area contributed by atoms with E-state index in [0.29, 0.717) is 0 Å². The van der Waals surface area contributed by atoms with Crippen LogP contribution in [0.25, 0.3) is 0 Å². The average Bonchev–Trinajstić information content (AvgIpc) is 2.30. The third-order valence-corrected chi connectivity index (χ3v) is 2.46. The van der Waals surface area contributed by atoms with E-state index < -0.39 is 0 Å². The highest BCUT2D eigenvalue weighted by Crippen LogP contribution is 2.15. The lowest BCUT2D eigenvalue weighted by atomic mass is 10.1. The minimum Gasteiger partial charge on any atom is -0.374 e. The van der Waals surface area contributed by atoms with Crippen molar-refractivity contribution in [3.63, 3.8) is 0 Å². The first-order valence-electron chi connectivity index (χ1n) is 5.65. The van der Waals surface area contributed by atoms with Crippen molar-refractivity contribution >= 4 is 0 Å². The maximum absolute atomic E-state index is 5.75. The van der Waals surface area contributed by atoms with Crippen molar-refractivity contribution in [1.82, 2.24) is 5.32 Å². The quantitative estimate of drug-likeness (QED) is 0.694. The van der Waals surface area contributed by atoms with Crippen LogP contribution in [0.1, 0.15) is 31.4 Å². The van der Waals surface area contributed by atoms with E-state index in [2.05, 4.69) is 36.5 Å². The Morgan fingerprint density at radius 2 is 1.93 bits per heavy atom. The Hall–Kier alpha value is -0.860. The summed E-state index contributed by atoms with van der Waals surface area (Å²) in [4.78, 5) is 0. The summed E-state index contributed by atoms with van der Waals surface area (Å²) in [5.74, 6) is 0. The summed E-state index contributed by atoms with van der Waals surface area (Å²) >= 11 is 0. The zero-order valence-electron chi connectivity index (χ0n) is 9.70. The van der Waals surface area contributed by atoms with Crippen LogP contribution in [-0.2, 0) is 4.74 Å². The van der Waals surface area contributed by atoms with Crippen molar-refractivity contribution in [2.45, 2.75) is 25.9 Å². The third kappa shape index (κ3) is 4.96. The van der Waals surface area contributed by atoms with Crippen LogP contribution in [0, 0.1) is 0 Å². The van der Waals surface area contributed by atoms with Crippen molar-refractivity contribution in [2.24, 2.45) is 0 Å². The van der Waals surface area contributed by atoms with Crippen LogP contribution in [0.15, 0.2) is 30.3 Å². The number of unbranched alkanes of at least 4 members (excludes halogenated alkanes) is 1. The molecule has 0 bridgehead atoms. The molecular weight excluding hydrogens is 186 g/mol. The number of ether oxygens (including phenoxy) is 1. The lowest BCUT2D eigenvalue weighted by Gasteiger charge is -2.13. The molecule has 15 heavy (non-hydrogen) atoms. The van der Waals surface area contributed by atoms with Crippen LogP contribution in [0.4, 0.5) is 0 Å². The number of hydrogen-bond donors (Lipinski definition) is 1. The summed E-state index contributed by atoms with van der Waals surface area (Å²) in [6.07, 6.45) is 2.51. The molecule has 0 saturated heterocycles. The van der Waals surface area contributed by atoms with Gasteiger partial charge in [0.15, 0.2) is 0 Å². The van der Waals surface area contributed by atoms with Gasteiger partial charge in [0.2, 0.25) is 0 Å². The summed E-state index contributed by atoms with van der Waals surface area (Å²) in [5.41, 5.74) is 1.26. The fourth-order valence-corrected chi connectivity index (χ4v) is 1.48. The number of nitrogens with one attached hydrogen (secondary N) is 1. The predicted octanol–water partition coefficient (Wildman–Crippen LogP) is 2.76.